The highest BCUT2D eigenvalue weighted by atomic mass is 28.3. The second-order valence-corrected chi connectivity index (χ2v) is 7.96. The number of ether oxygens (including phenoxy) is 1. The molecule has 0 unspecified atom stereocenters. The first-order valence-corrected chi connectivity index (χ1v) is 9.24. The highest BCUT2D eigenvalue weighted by Gasteiger charge is 2.37. The molecule has 1 nitrogen and oxygen atoms in total. The summed E-state index contributed by atoms with van der Waals surface area (Å²) in [6.07, 6.45) is -4.44. The molecular formula is C20H16F3OSi. The molecule has 0 aliphatic carbocycles. The molecule has 25 heavy (non-hydrogen) atoms. The fourth-order valence-corrected chi connectivity index (χ4v) is 5.53. The van der Waals surface area contributed by atoms with E-state index in [4.69, 9.17) is 4.74 Å². The summed E-state index contributed by atoms with van der Waals surface area (Å²) in [7, 11) is -0.419. The van der Waals surface area contributed by atoms with E-state index in [0.717, 1.165) is 16.4 Å². The molecule has 3 aromatic carbocycles. The third-order valence-electron chi connectivity index (χ3n) is 3.93. The SMILES string of the molecule is COc1ccc([Si](c2ccccc2)c2ccccc2)c(C(F)(F)F)c1. The van der Waals surface area contributed by atoms with Gasteiger partial charge in [0.1, 0.15) is 5.75 Å². The van der Waals surface area contributed by atoms with Crippen LogP contribution in [0.5, 0.6) is 5.75 Å². The van der Waals surface area contributed by atoms with Gasteiger partial charge in [-0.1, -0.05) is 77.1 Å². The fourth-order valence-electron chi connectivity index (χ4n) is 2.79. The van der Waals surface area contributed by atoms with Crippen LogP contribution in [-0.4, -0.2) is 15.9 Å². The number of benzene rings is 3. The molecule has 0 bridgehead atoms. The third kappa shape index (κ3) is 3.77. The molecular weight excluding hydrogens is 341 g/mol. The summed E-state index contributed by atoms with van der Waals surface area (Å²) in [5.41, 5.74) is -0.631. The number of rotatable bonds is 4. The Morgan fingerprint density at radius 2 is 1.28 bits per heavy atom. The molecule has 0 fully saturated rings. The van der Waals surface area contributed by atoms with Crippen LogP contribution in [0.15, 0.2) is 78.9 Å². The third-order valence-corrected chi connectivity index (χ3v) is 6.72. The predicted octanol–water partition coefficient (Wildman–Crippen LogP) is 3.23. The average Bonchev–Trinajstić information content (AvgIpc) is 2.63. The summed E-state index contributed by atoms with van der Waals surface area (Å²) >= 11 is 0. The van der Waals surface area contributed by atoms with Crippen molar-refractivity contribution in [2.45, 2.75) is 6.18 Å². The molecule has 0 amide bonds. The summed E-state index contributed by atoms with van der Waals surface area (Å²) in [6.45, 7) is 0. The van der Waals surface area contributed by atoms with E-state index in [9.17, 15) is 13.2 Å². The van der Waals surface area contributed by atoms with E-state index in [1.165, 1.54) is 7.11 Å². The van der Waals surface area contributed by atoms with E-state index >= 15 is 0 Å². The van der Waals surface area contributed by atoms with E-state index in [1.807, 2.05) is 60.7 Å². The summed E-state index contributed by atoms with van der Waals surface area (Å²) in [5.74, 6) is 0.207. The van der Waals surface area contributed by atoms with Gasteiger partial charge in [0.25, 0.3) is 0 Å². The molecule has 127 valence electrons. The van der Waals surface area contributed by atoms with Crippen LogP contribution in [0.4, 0.5) is 13.2 Å². The molecule has 5 heteroatoms. The number of methoxy groups -OCH3 is 1. The first kappa shape index (κ1) is 17.3. The van der Waals surface area contributed by atoms with Gasteiger partial charge in [0.2, 0.25) is 0 Å². The van der Waals surface area contributed by atoms with Gasteiger partial charge in [0.05, 0.1) is 12.7 Å². The van der Waals surface area contributed by atoms with E-state index in [0.29, 0.717) is 5.19 Å². The first-order valence-electron chi connectivity index (χ1n) is 7.74. The Balaban J connectivity index is 2.24. The Morgan fingerprint density at radius 3 is 1.72 bits per heavy atom. The Hall–Kier alpha value is -2.53. The second kappa shape index (κ2) is 7.15. The maximum absolute atomic E-state index is 13.7. The molecule has 3 rings (SSSR count). The Bertz CT molecular complexity index is 793. The zero-order chi connectivity index (χ0) is 17.9. The van der Waals surface area contributed by atoms with Crippen molar-refractivity contribution in [2.75, 3.05) is 7.11 Å². The molecule has 1 radical (unpaired) electrons. The minimum Gasteiger partial charge on any atom is -0.497 e. The standard InChI is InChI=1S/C20H16F3OSi/c1-24-15-12-13-19(18(14-15)20(21,22)23)25(16-8-4-2-5-9-16)17-10-6-3-7-11-17/h2-14H,1H3. The average molecular weight is 357 g/mol. The second-order valence-electron chi connectivity index (χ2n) is 5.52. The van der Waals surface area contributed by atoms with Crippen molar-refractivity contribution in [3.63, 3.8) is 0 Å². The van der Waals surface area contributed by atoms with Crippen LogP contribution in [0.3, 0.4) is 0 Å². The molecule has 0 saturated carbocycles. The van der Waals surface area contributed by atoms with E-state index in [2.05, 4.69) is 0 Å². The first-order chi connectivity index (χ1) is 12.0. The number of hydrogen-bond donors (Lipinski definition) is 0. The zero-order valence-electron chi connectivity index (χ0n) is 13.5. The lowest BCUT2D eigenvalue weighted by Gasteiger charge is -2.22. The fraction of sp³-hybridized carbons (Fsp3) is 0.100. The minimum atomic E-state index is -4.44. The molecule has 0 saturated heterocycles. The van der Waals surface area contributed by atoms with Crippen LogP contribution in [0, 0.1) is 0 Å². The van der Waals surface area contributed by atoms with Crippen LogP contribution in [0.2, 0.25) is 0 Å². The van der Waals surface area contributed by atoms with Crippen molar-refractivity contribution in [3.05, 3.63) is 84.4 Å². The van der Waals surface area contributed by atoms with Gasteiger partial charge in [-0.3, -0.25) is 0 Å². The normalized spacial score (nSPS) is 11.6. The summed E-state index contributed by atoms with van der Waals surface area (Å²) < 4.78 is 46.2. The lowest BCUT2D eigenvalue weighted by atomic mass is 10.2. The van der Waals surface area contributed by atoms with Crippen molar-refractivity contribution < 1.29 is 17.9 Å². The van der Waals surface area contributed by atoms with Crippen molar-refractivity contribution in [3.8, 4) is 5.75 Å². The minimum absolute atomic E-state index is 0.207. The largest absolute Gasteiger partial charge is 0.497 e. The molecule has 0 atom stereocenters. The maximum Gasteiger partial charge on any atom is 0.416 e. The lowest BCUT2D eigenvalue weighted by Crippen LogP contribution is -2.54. The molecule has 3 aromatic rings. The summed E-state index contributed by atoms with van der Waals surface area (Å²) in [4.78, 5) is 0. The molecule has 0 aromatic heterocycles. The van der Waals surface area contributed by atoms with Crippen LogP contribution in [0.1, 0.15) is 5.56 Å². The van der Waals surface area contributed by atoms with Gasteiger partial charge in [-0.05, 0) is 17.3 Å². The monoisotopic (exact) mass is 357 g/mol. The highest BCUT2D eigenvalue weighted by Crippen LogP contribution is 2.30. The van der Waals surface area contributed by atoms with Gasteiger partial charge in [0.15, 0.2) is 8.80 Å². The highest BCUT2D eigenvalue weighted by molar-refractivity contribution is 6.95. The summed E-state index contributed by atoms with van der Waals surface area (Å²) in [5, 5.41) is 2.14. The van der Waals surface area contributed by atoms with Gasteiger partial charge in [-0.2, -0.15) is 13.2 Å². The number of hydrogen-bond acceptors (Lipinski definition) is 1. The van der Waals surface area contributed by atoms with Crippen LogP contribution < -0.4 is 20.3 Å². The van der Waals surface area contributed by atoms with Crippen LogP contribution >= 0.6 is 0 Å². The molecule has 0 aliphatic heterocycles. The van der Waals surface area contributed by atoms with E-state index in [1.54, 1.807) is 12.1 Å². The van der Waals surface area contributed by atoms with Gasteiger partial charge < -0.3 is 4.74 Å². The summed E-state index contributed by atoms with van der Waals surface area (Å²) in [6, 6.07) is 23.0. The number of alkyl halides is 3. The van der Waals surface area contributed by atoms with E-state index in [-0.39, 0.29) is 5.75 Å². The molecule has 0 heterocycles. The topological polar surface area (TPSA) is 9.23 Å². The van der Waals surface area contributed by atoms with Crippen LogP contribution in [0.25, 0.3) is 0 Å². The van der Waals surface area contributed by atoms with Gasteiger partial charge in [-0.15, -0.1) is 0 Å². The maximum atomic E-state index is 13.7. The quantitative estimate of drug-likeness (QED) is 0.515. The van der Waals surface area contributed by atoms with Crippen molar-refractivity contribution >= 4 is 24.4 Å². The van der Waals surface area contributed by atoms with Crippen LogP contribution in [-0.2, 0) is 6.18 Å². The van der Waals surface area contributed by atoms with Gasteiger partial charge >= 0.3 is 6.18 Å². The Labute approximate surface area is 146 Å². The van der Waals surface area contributed by atoms with Crippen molar-refractivity contribution in [1.82, 2.24) is 0 Å². The lowest BCUT2D eigenvalue weighted by molar-refractivity contribution is -0.136. The smallest absolute Gasteiger partial charge is 0.416 e. The van der Waals surface area contributed by atoms with E-state index < -0.39 is 20.5 Å². The van der Waals surface area contributed by atoms with Gasteiger partial charge in [0, 0.05) is 0 Å². The molecule has 0 spiro atoms. The van der Waals surface area contributed by atoms with Crippen molar-refractivity contribution in [1.29, 1.82) is 0 Å². The van der Waals surface area contributed by atoms with Gasteiger partial charge in [-0.25, -0.2) is 0 Å². The molecule has 0 N–H and O–H groups in total. The predicted molar refractivity (Wildman–Crippen MR) is 95.5 cm³/mol. The Morgan fingerprint density at radius 1 is 0.760 bits per heavy atom. The zero-order valence-corrected chi connectivity index (χ0v) is 14.5. The number of halogens is 3. The Kier molecular flexibility index (Phi) is 4.95. The van der Waals surface area contributed by atoms with Crippen molar-refractivity contribution in [2.24, 2.45) is 0 Å². The molecule has 0 aliphatic rings.